The van der Waals surface area contributed by atoms with Crippen LogP contribution in [0, 0.1) is 11.6 Å². The molecule has 0 unspecified atom stereocenters. The van der Waals surface area contributed by atoms with Gasteiger partial charge in [0.1, 0.15) is 11.3 Å². The number of ketones is 1. The molecular formula is C9H8BrF2NO2. The van der Waals surface area contributed by atoms with Crippen molar-refractivity contribution in [3.63, 3.8) is 0 Å². The van der Waals surface area contributed by atoms with Gasteiger partial charge in [0, 0.05) is 0 Å². The standard InChI is InChI=1S/C9H8BrF2NO2/c1-15-9-4(10)2-5(11)8(12)7(9)6(14)3-13/h2H,3,13H2,1H3. The van der Waals surface area contributed by atoms with E-state index in [4.69, 9.17) is 10.5 Å². The number of ether oxygens (including phenoxy) is 1. The molecular weight excluding hydrogens is 272 g/mol. The minimum absolute atomic E-state index is 0.0515. The van der Waals surface area contributed by atoms with Crippen LogP contribution in [0.15, 0.2) is 10.5 Å². The Kier molecular flexibility index (Phi) is 3.76. The molecule has 0 bridgehead atoms. The highest BCUT2D eigenvalue weighted by atomic mass is 79.9. The largest absolute Gasteiger partial charge is 0.495 e. The summed E-state index contributed by atoms with van der Waals surface area (Å²) in [5.74, 6) is -3.14. The Labute approximate surface area is 93.3 Å². The quantitative estimate of drug-likeness (QED) is 0.679. The summed E-state index contributed by atoms with van der Waals surface area (Å²) >= 11 is 2.97. The van der Waals surface area contributed by atoms with E-state index in [1.54, 1.807) is 0 Å². The molecule has 0 heterocycles. The highest BCUT2D eigenvalue weighted by molar-refractivity contribution is 9.10. The topological polar surface area (TPSA) is 52.3 Å². The molecule has 0 radical (unpaired) electrons. The number of methoxy groups -OCH3 is 1. The molecule has 0 saturated carbocycles. The molecule has 0 amide bonds. The lowest BCUT2D eigenvalue weighted by Crippen LogP contribution is -2.17. The highest BCUT2D eigenvalue weighted by Gasteiger charge is 2.22. The molecule has 15 heavy (non-hydrogen) atoms. The maximum absolute atomic E-state index is 13.3. The van der Waals surface area contributed by atoms with Crippen molar-refractivity contribution >= 4 is 21.7 Å². The SMILES string of the molecule is COc1c(Br)cc(F)c(F)c1C(=O)CN. The summed E-state index contributed by atoms with van der Waals surface area (Å²) in [7, 11) is 1.25. The Morgan fingerprint density at radius 2 is 2.20 bits per heavy atom. The Hall–Kier alpha value is -1.01. The van der Waals surface area contributed by atoms with E-state index in [1.165, 1.54) is 7.11 Å². The van der Waals surface area contributed by atoms with E-state index in [0.29, 0.717) is 0 Å². The van der Waals surface area contributed by atoms with Crippen molar-refractivity contribution in [1.82, 2.24) is 0 Å². The molecule has 1 aromatic rings. The zero-order chi connectivity index (χ0) is 11.6. The number of halogens is 3. The lowest BCUT2D eigenvalue weighted by atomic mass is 10.1. The summed E-state index contributed by atoms with van der Waals surface area (Å²) in [5.41, 5.74) is 4.62. The van der Waals surface area contributed by atoms with Crippen LogP contribution in [0.2, 0.25) is 0 Å². The number of nitrogens with two attached hydrogens (primary N) is 1. The van der Waals surface area contributed by atoms with Gasteiger partial charge in [-0.1, -0.05) is 0 Å². The second-order valence-electron chi connectivity index (χ2n) is 2.69. The molecule has 0 fully saturated rings. The summed E-state index contributed by atoms with van der Waals surface area (Å²) in [6.07, 6.45) is 0. The highest BCUT2D eigenvalue weighted by Crippen LogP contribution is 2.32. The van der Waals surface area contributed by atoms with Gasteiger partial charge in [-0.05, 0) is 22.0 Å². The Morgan fingerprint density at radius 3 is 2.67 bits per heavy atom. The fraction of sp³-hybridized carbons (Fsp3) is 0.222. The molecule has 0 aliphatic carbocycles. The van der Waals surface area contributed by atoms with Gasteiger partial charge < -0.3 is 10.5 Å². The average molecular weight is 280 g/mol. The summed E-state index contributed by atoms with van der Waals surface area (Å²) in [5, 5.41) is 0. The molecule has 0 aromatic heterocycles. The van der Waals surface area contributed by atoms with Gasteiger partial charge in [-0.15, -0.1) is 0 Å². The van der Waals surface area contributed by atoms with Crippen molar-refractivity contribution in [1.29, 1.82) is 0 Å². The predicted molar refractivity (Wildman–Crippen MR) is 54.0 cm³/mol. The second-order valence-corrected chi connectivity index (χ2v) is 3.54. The minimum atomic E-state index is -1.24. The molecule has 1 rings (SSSR count). The third-order valence-electron chi connectivity index (χ3n) is 1.79. The molecule has 82 valence electrons. The minimum Gasteiger partial charge on any atom is -0.495 e. The predicted octanol–water partition coefficient (Wildman–Crippen LogP) is 1.88. The lowest BCUT2D eigenvalue weighted by Gasteiger charge is -2.10. The number of Topliss-reactive ketones (excluding diaryl/α,β-unsaturated/α-hetero) is 1. The number of carbonyl (C=O) groups is 1. The zero-order valence-corrected chi connectivity index (χ0v) is 9.40. The summed E-state index contributed by atoms with van der Waals surface area (Å²) in [6, 6.07) is 0.890. The van der Waals surface area contributed by atoms with Gasteiger partial charge in [0.15, 0.2) is 17.4 Å². The fourth-order valence-corrected chi connectivity index (χ4v) is 1.69. The van der Waals surface area contributed by atoms with Crippen LogP contribution in [0.1, 0.15) is 10.4 Å². The van der Waals surface area contributed by atoms with E-state index in [9.17, 15) is 13.6 Å². The van der Waals surface area contributed by atoms with Gasteiger partial charge in [-0.25, -0.2) is 8.78 Å². The monoisotopic (exact) mass is 279 g/mol. The van der Waals surface area contributed by atoms with Gasteiger partial charge in [-0.3, -0.25) is 4.79 Å². The molecule has 0 aliphatic heterocycles. The number of hydrogen-bond acceptors (Lipinski definition) is 3. The van der Waals surface area contributed by atoms with E-state index in [1.807, 2.05) is 0 Å². The average Bonchev–Trinajstić information content (AvgIpc) is 2.21. The Morgan fingerprint density at radius 1 is 1.60 bits per heavy atom. The first-order chi connectivity index (χ1) is 7.02. The molecule has 0 atom stereocenters. The first-order valence-electron chi connectivity index (χ1n) is 3.97. The van der Waals surface area contributed by atoms with Crippen LogP contribution in [0.4, 0.5) is 8.78 Å². The maximum Gasteiger partial charge on any atom is 0.183 e. The van der Waals surface area contributed by atoms with Gasteiger partial charge in [0.05, 0.1) is 18.1 Å². The molecule has 6 heteroatoms. The lowest BCUT2D eigenvalue weighted by molar-refractivity contribution is 0.0993. The van der Waals surface area contributed by atoms with Gasteiger partial charge in [0.25, 0.3) is 0 Å². The molecule has 2 N–H and O–H groups in total. The van der Waals surface area contributed by atoms with Crippen LogP contribution < -0.4 is 10.5 Å². The molecule has 0 saturated heterocycles. The Balaban J connectivity index is 3.50. The van der Waals surface area contributed by atoms with E-state index < -0.39 is 29.5 Å². The van der Waals surface area contributed by atoms with Crippen LogP contribution in [0.3, 0.4) is 0 Å². The first kappa shape index (κ1) is 12.1. The van der Waals surface area contributed by atoms with Crippen molar-refractivity contribution in [2.45, 2.75) is 0 Å². The van der Waals surface area contributed by atoms with Gasteiger partial charge in [-0.2, -0.15) is 0 Å². The van der Waals surface area contributed by atoms with E-state index in [0.717, 1.165) is 6.07 Å². The van der Waals surface area contributed by atoms with Crippen LogP contribution in [-0.4, -0.2) is 19.4 Å². The normalized spacial score (nSPS) is 10.2. The fourth-order valence-electron chi connectivity index (χ4n) is 1.13. The van der Waals surface area contributed by atoms with E-state index >= 15 is 0 Å². The number of hydrogen-bond donors (Lipinski definition) is 1. The number of benzene rings is 1. The number of rotatable bonds is 3. The molecule has 3 nitrogen and oxygen atoms in total. The summed E-state index contributed by atoms with van der Waals surface area (Å²) in [6.45, 7) is -0.414. The smallest absolute Gasteiger partial charge is 0.183 e. The van der Waals surface area contributed by atoms with Crippen molar-refractivity contribution in [3.05, 3.63) is 27.7 Å². The van der Waals surface area contributed by atoms with Crippen LogP contribution >= 0.6 is 15.9 Å². The molecule has 1 aromatic carbocycles. The molecule has 0 aliphatic rings. The third-order valence-corrected chi connectivity index (χ3v) is 2.38. The zero-order valence-electron chi connectivity index (χ0n) is 7.81. The molecule has 0 spiro atoms. The summed E-state index contributed by atoms with van der Waals surface area (Å²) in [4.78, 5) is 11.3. The number of carbonyl (C=O) groups excluding carboxylic acids is 1. The van der Waals surface area contributed by atoms with Crippen molar-refractivity contribution in [2.24, 2.45) is 5.73 Å². The van der Waals surface area contributed by atoms with Gasteiger partial charge >= 0.3 is 0 Å². The van der Waals surface area contributed by atoms with Crippen LogP contribution in [0.5, 0.6) is 5.75 Å². The maximum atomic E-state index is 13.3. The van der Waals surface area contributed by atoms with Crippen LogP contribution in [-0.2, 0) is 0 Å². The van der Waals surface area contributed by atoms with Crippen LogP contribution in [0.25, 0.3) is 0 Å². The summed E-state index contributed by atoms with van der Waals surface area (Å²) < 4.78 is 31.3. The van der Waals surface area contributed by atoms with Crippen molar-refractivity contribution in [3.8, 4) is 5.75 Å². The van der Waals surface area contributed by atoms with Crippen molar-refractivity contribution in [2.75, 3.05) is 13.7 Å². The van der Waals surface area contributed by atoms with Gasteiger partial charge in [0.2, 0.25) is 0 Å². The van der Waals surface area contributed by atoms with E-state index in [2.05, 4.69) is 15.9 Å². The Bertz CT molecular complexity index is 410. The second kappa shape index (κ2) is 4.67. The third kappa shape index (κ3) is 2.15. The van der Waals surface area contributed by atoms with Crippen molar-refractivity contribution < 1.29 is 18.3 Å². The van der Waals surface area contributed by atoms with E-state index in [-0.39, 0.29) is 10.2 Å². The first-order valence-corrected chi connectivity index (χ1v) is 4.77.